The minimum absolute atomic E-state index is 0.0103. The number of nitrogens with two attached hydrogens (primary N) is 1. The summed E-state index contributed by atoms with van der Waals surface area (Å²) in [6, 6.07) is 0. The van der Waals surface area contributed by atoms with E-state index in [9.17, 15) is 0 Å². The van der Waals surface area contributed by atoms with Gasteiger partial charge in [0.05, 0.1) is 0 Å². The second kappa shape index (κ2) is 7.51. The van der Waals surface area contributed by atoms with Gasteiger partial charge in [-0.05, 0) is 40.0 Å². The lowest BCUT2D eigenvalue weighted by atomic mass is 10.1. The molecular weight excluding hydrogens is 190 g/mol. The molecule has 0 aliphatic carbocycles. The number of hydrogen-bond acceptors (Lipinski definition) is 2. The second-order valence-corrected chi connectivity index (χ2v) is 4.70. The minimum atomic E-state index is -0.0103. The fourth-order valence-electron chi connectivity index (χ4n) is 1.16. The van der Waals surface area contributed by atoms with Gasteiger partial charge in [0, 0.05) is 25.8 Å². The highest BCUT2D eigenvalue weighted by atomic mass is 16.5. The number of methoxy groups -OCH3 is 1. The summed E-state index contributed by atoms with van der Waals surface area (Å²) in [6.45, 7) is 7.81. The van der Waals surface area contributed by atoms with Crippen molar-refractivity contribution in [2.75, 3.05) is 20.3 Å². The lowest BCUT2D eigenvalue weighted by molar-refractivity contribution is 0.192. The third-order valence-electron chi connectivity index (χ3n) is 1.79. The maximum atomic E-state index is 5.71. The van der Waals surface area contributed by atoms with Gasteiger partial charge in [0.25, 0.3) is 0 Å². The molecule has 0 aromatic carbocycles. The molecule has 15 heavy (non-hydrogen) atoms. The van der Waals surface area contributed by atoms with E-state index in [0.717, 1.165) is 32.4 Å². The first-order chi connectivity index (χ1) is 6.95. The Morgan fingerprint density at radius 3 is 2.47 bits per heavy atom. The Balaban J connectivity index is 3.50. The third-order valence-corrected chi connectivity index (χ3v) is 1.79. The van der Waals surface area contributed by atoms with E-state index in [2.05, 4.69) is 31.1 Å². The fraction of sp³-hybridized carbons (Fsp3) is 0.909. The van der Waals surface area contributed by atoms with Crippen LogP contribution < -0.4 is 11.1 Å². The van der Waals surface area contributed by atoms with Crippen LogP contribution in [0.5, 0.6) is 0 Å². The average Bonchev–Trinajstić information content (AvgIpc) is 2.08. The summed E-state index contributed by atoms with van der Waals surface area (Å²) in [4.78, 5) is 4.25. The summed E-state index contributed by atoms with van der Waals surface area (Å²) in [5.74, 6) is 0.536. The molecule has 90 valence electrons. The number of guanidine groups is 1. The Hall–Kier alpha value is -0.770. The zero-order valence-electron chi connectivity index (χ0n) is 10.5. The van der Waals surface area contributed by atoms with Crippen molar-refractivity contribution < 1.29 is 4.74 Å². The molecule has 4 heteroatoms. The van der Waals surface area contributed by atoms with Crippen molar-refractivity contribution in [3.63, 3.8) is 0 Å². The first kappa shape index (κ1) is 14.2. The quantitative estimate of drug-likeness (QED) is 0.401. The Morgan fingerprint density at radius 1 is 1.27 bits per heavy atom. The number of nitrogens with one attached hydrogen (secondary N) is 1. The molecule has 4 nitrogen and oxygen atoms in total. The Bertz CT molecular complexity index is 185. The Kier molecular flexibility index (Phi) is 7.13. The minimum Gasteiger partial charge on any atom is -0.385 e. The van der Waals surface area contributed by atoms with Crippen LogP contribution in [0.25, 0.3) is 0 Å². The smallest absolute Gasteiger partial charge is 0.188 e. The van der Waals surface area contributed by atoms with E-state index in [1.165, 1.54) is 0 Å². The van der Waals surface area contributed by atoms with Gasteiger partial charge in [-0.3, -0.25) is 4.99 Å². The molecule has 0 aromatic rings. The molecule has 0 fully saturated rings. The zero-order valence-corrected chi connectivity index (χ0v) is 10.5. The van der Waals surface area contributed by atoms with Gasteiger partial charge in [0.15, 0.2) is 5.96 Å². The molecule has 0 saturated carbocycles. The molecule has 0 saturated heterocycles. The lowest BCUT2D eigenvalue weighted by Gasteiger charge is -2.20. The normalized spacial score (nSPS) is 12.9. The zero-order chi connectivity index (χ0) is 11.7. The van der Waals surface area contributed by atoms with Gasteiger partial charge >= 0.3 is 0 Å². The van der Waals surface area contributed by atoms with Gasteiger partial charge < -0.3 is 15.8 Å². The average molecular weight is 215 g/mol. The van der Waals surface area contributed by atoms with Gasteiger partial charge in [0.1, 0.15) is 0 Å². The lowest BCUT2D eigenvalue weighted by Crippen LogP contribution is -2.45. The number of unbranched alkanes of at least 4 members (excludes halogenated alkanes) is 2. The molecule has 0 aliphatic heterocycles. The highest BCUT2D eigenvalue weighted by Gasteiger charge is 2.09. The highest BCUT2D eigenvalue weighted by Crippen LogP contribution is 1.98. The predicted molar refractivity (Wildman–Crippen MR) is 65.1 cm³/mol. The monoisotopic (exact) mass is 215 g/mol. The number of rotatable bonds is 6. The van der Waals surface area contributed by atoms with Crippen molar-refractivity contribution in [2.24, 2.45) is 10.7 Å². The number of nitrogens with zero attached hydrogens (tertiary/aromatic N) is 1. The second-order valence-electron chi connectivity index (χ2n) is 4.70. The van der Waals surface area contributed by atoms with E-state index < -0.39 is 0 Å². The Labute approximate surface area is 93.3 Å². The molecule has 0 rings (SSSR count). The van der Waals surface area contributed by atoms with Crippen molar-refractivity contribution >= 4 is 5.96 Å². The van der Waals surface area contributed by atoms with Crippen LogP contribution in [-0.2, 0) is 4.74 Å². The number of ether oxygens (including phenoxy) is 1. The van der Waals surface area contributed by atoms with Crippen molar-refractivity contribution in [3.05, 3.63) is 0 Å². The molecule has 3 N–H and O–H groups in total. The molecule has 0 aliphatic rings. The van der Waals surface area contributed by atoms with Crippen molar-refractivity contribution in [2.45, 2.75) is 45.6 Å². The molecule has 0 heterocycles. The maximum absolute atomic E-state index is 5.71. The third kappa shape index (κ3) is 11.2. The van der Waals surface area contributed by atoms with Crippen molar-refractivity contribution in [1.82, 2.24) is 5.32 Å². The van der Waals surface area contributed by atoms with Crippen LogP contribution in [-0.4, -0.2) is 31.8 Å². The van der Waals surface area contributed by atoms with Gasteiger partial charge in [-0.15, -0.1) is 0 Å². The molecule has 0 radical (unpaired) electrons. The summed E-state index contributed by atoms with van der Waals surface area (Å²) in [7, 11) is 1.73. The van der Waals surface area contributed by atoms with E-state index in [-0.39, 0.29) is 5.54 Å². The van der Waals surface area contributed by atoms with Crippen molar-refractivity contribution in [3.8, 4) is 0 Å². The van der Waals surface area contributed by atoms with E-state index in [0.29, 0.717) is 5.96 Å². The molecule has 0 spiro atoms. The van der Waals surface area contributed by atoms with Gasteiger partial charge in [-0.2, -0.15) is 0 Å². The summed E-state index contributed by atoms with van der Waals surface area (Å²) in [5.41, 5.74) is 5.70. The van der Waals surface area contributed by atoms with Crippen LogP contribution in [0.2, 0.25) is 0 Å². The van der Waals surface area contributed by atoms with Crippen LogP contribution in [0, 0.1) is 0 Å². The number of hydrogen-bond donors (Lipinski definition) is 2. The van der Waals surface area contributed by atoms with E-state index >= 15 is 0 Å². The van der Waals surface area contributed by atoms with Crippen LogP contribution in [0.4, 0.5) is 0 Å². The summed E-state index contributed by atoms with van der Waals surface area (Å²) in [6.07, 6.45) is 3.30. The molecular formula is C11H25N3O. The molecule has 0 atom stereocenters. The van der Waals surface area contributed by atoms with Crippen LogP contribution in [0.1, 0.15) is 40.0 Å². The van der Waals surface area contributed by atoms with Crippen molar-refractivity contribution in [1.29, 1.82) is 0 Å². The molecule has 0 unspecified atom stereocenters. The van der Waals surface area contributed by atoms with Crippen LogP contribution >= 0.6 is 0 Å². The van der Waals surface area contributed by atoms with E-state index in [1.807, 2.05) is 0 Å². The van der Waals surface area contributed by atoms with E-state index in [1.54, 1.807) is 7.11 Å². The molecule has 0 aromatic heterocycles. The van der Waals surface area contributed by atoms with Crippen LogP contribution in [0.3, 0.4) is 0 Å². The summed E-state index contributed by atoms with van der Waals surface area (Å²) < 4.78 is 4.96. The standard InChI is InChI=1S/C11H25N3O/c1-11(2,3)14-10(12)13-8-6-5-7-9-15-4/h5-9H2,1-4H3,(H3,12,13,14). The SMILES string of the molecule is COCCCCCN=C(N)NC(C)(C)C. The van der Waals surface area contributed by atoms with Crippen LogP contribution in [0.15, 0.2) is 4.99 Å². The van der Waals surface area contributed by atoms with Gasteiger partial charge in [-0.1, -0.05) is 0 Å². The highest BCUT2D eigenvalue weighted by molar-refractivity contribution is 5.78. The first-order valence-corrected chi connectivity index (χ1v) is 5.53. The summed E-state index contributed by atoms with van der Waals surface area (Å²) in [5, 5.41) is 3.12. The topological polar surface area (TPSA) is 59.6 Å². The van der Waals surface area contributed by atoms with E-state index in [4.69, 9.17) is 10.5 Å². The molecule has 0 bridgehead atoms. The number of aliphatic imine (C=N–C) groups is 1. The first-order valence-electron chi connectivity index (χ1n) is 5.53. The fourth-order valence-corrected chi connectivity index (χ4v) is 1.16. The predicted octanol–water partition coefficient (Wildman–Crippen LogP) is 1.51. The summed E-state index contributed by atoms with van der Waals surface area (Å²) >= 11 is 0. The Morgan fingerprint density at radius 2 is 1.93 bits per heavy atom. The van der Waals surface area contributed by atoms with Gasteiger partial charge in [0.2, 0.25) is 0 Å². The maximum Gasteiger partial charge on any atom is 0.188 e. The molecule has 0 amide bonds. The largest absolute Gasteiger partial charge is 0.385 e. The van der Waals surface area contributed by atoms with Gasteiger partial charge in [-0.25, -0.2) is 0 Å².